The second kappa shape index (κ2) is 6.28. The van der Waals surface area contributed by atoms with Gasteiger partial charge in [0.1, 0.15) is 6.10 Å². The molecule has 0 saturated carbocycles. The summed E-state index contributed by atoms with van der Waals surface area (Å²) >= 11 is 0. The van der Waals surface area contributed by atoms with Gasteiger partial charge in [0.2, 0.25) is 0 Å². The molecular formula is C18H21N3O3. The zero-order valence-electron chi connectivity index (χ0n) is 13.5. The van der Waals surface area contributed by atoms with E-state index < -0.39 is 6.10 Å². The fourth-order valence-corrected chi connectivity index (χ4v) is 3.67. The zero-order valence-corrected chi connectivity index (χ0v) is 13.5. The third-order valence-corrected chi connectivity index (χ3v) is 4.90. The number of amides is 2. The Bertz CT molecular complexity index is 790. The Labute approximate surface area is 139 Å². The highest BCUT2D eigenvalue weighted by Gasteiger charge is 2.24. The molecule has 6 nitrogen and oxygen atoms in total. The van der Waals surface area contributed by atoms with Crippen LogP contribution in [0.5, 0.6) is 0 Å². The molecule has 2 amide bonds. The van der Waals surface area contributed by atoms with Gasteiger partial charge in [-0.15, -0.1) is 0 Å². The topological polar surface area (TPSA) is 83.2 Å². The second-order valence-corrected chi connectivity index (χ2v) is 6.46. The second-order valence-electron chi connectivity index (χ2n) is 6.46. The summed E-state index contributed by atoms with van der Waals surface area (Å²) in [6, 6.07) is 5.72. The van der Waals surface area contributed by atoms with Crippen molar-refractivity contribution in [2.24, 2.45) is 0 Å². The number of aromatic amines is 1. The molecule has 1 aromatic heterocycles. The average molecular weight is 327 g/mol. The Balaban J connectivity index is 1.53. The molecule has 0 bridgehead atoms. The maximum atomic E-state index is 12.5. The Morgan fingerprint density at radius 3 is 2.83 bits per heavy atom. The van der Waals surface area contributed by atoms with Gasteiger partial charge in [0, 0.05) is 17.7 Å². The molecule has 1 atom stereocenters. The predicted molar refractivity (Wildman–Crippen MR) is 89.5 cm³/mol. The van der Waals surface area contributed by atoms with Crippen LogP contribution < -0.4 is 10.9 Å². The molecule has 0 spiro atoms. The van der Waals surface area contributed by atoms with Gasteiger partial charge in [0.05, 0.1) is 11.1 Å². The van der Waals surface area contributed by atoms with Crippen molar-refractivity contribution >= 4 is 22.7 Å². The maximum absolute atomic E-state index is 12.5. The summed E-state index contributed by atoms with van der Waals surface area (Å²) in [5.41, 5.74) is 8.95. The van der Waals surface area contributed by atoms with Crippen LogP contribution in [0.2, 0.25) is 0 Å². The third-order valence-electron chi connectivity index (χ3n) is 4.90. The first kappa shape index (κ1) is 15.2. The molecule has 3 N–H and O–H groups in total. The number of aryl methyl sites for hydroxylation is 2. The Hall–Kier alpha value is -2.34. The highest BCUT2D eigenvalue weighted by molar-refractivity contribution is 6.07. The Morgan fingerprint density at radius 2 is 2.00 bits per heavy atom. The molecule has 6 heteroatoms. The summed E-state index contributed by atoms with van der Waals surface area (Å²) in [5.74, 6) is -0.607. The smallest absolute Gasteiger partial charge is 0.271 e. The van der Waals surface area contributed by atoms with Crippen molar-refractivity contribution in [1.82, 2.24) is 15.8 Å². The molecule has 126 valence electrons. The minimum Gasteiger partial charge on any atom is -0.368 e. The van der Waals surface area contributed by atoms with E-state index in [1.807, 2.05) is 6.07 Å². The number of carbonyl (C=O) groups is 2. The van der Waals surface area contributed by atoms with Crippen LogP contribution in [0, 0.1) is 0 Å². The van der Waals surface area contributed by atoms with Crippen LogP contribution in [0.1, 0.15) is 47.3 Å². The van der Waals surface area contributed by atoms with Gasteiger partial charge in [-0.25, -0.2) is 0 Å². The number of rotatable bonds is 2. The molecule has 1 aromatic carbocycles. The molecule has 2 aliphatic rings. The van der Waals surface area contributed by atoms with E-state index in [1.54, 1.807) is 6.07 Å². The average Bonchev–Trinajstić information content (AvgIpc) is 3.26. The first-order valence-corrected chi connectivity index (χ1v) is 8.58. The minimum absolute atomic E-state index is 0.293. The lowest BCUT2D eigenvalue weighted by Crippen LogP contribution is -2.46. The van der Waals surface area contributed by atoms with Crippen LogP contribution in [-0.4, -0.2) is 29.5 Å². The standard InChI is InChI=1S/C18H21N3O3/c22-17(20-21-18(23)15-9-4-10-24-15)13-7-3-6-12-11-5-1-2-8-14(11)19-16(12)13/h3,6-7,15,19H,1-2,4-5,8-10H2,(H,20,22)(H,21,23)/t15-/m0/s1. The number of benzene rings is 1. The van der Waals surface area contributed by atoms with E-state index >= 15 is 0 Å². The highest BCUT2D eigenvalue weighted by atomic mass is 16.5. The van der Waals surface area contributed by atoms with Crippen LogP contribution in [0.4, 0.5) is 0 Å². The summed E-state index contributed by atoms with van der Waals surface area (Å²) in [4.78, 5) is 27.9. The fourth-order valence-electron chi connectivity index (χ4n) is 3.67. The van der Waals surface area contributed by atoms with Crippen molar-refractivity contribution in [3.8, 4) is 0 Å². The van der Waals surface area contributed by atoms with Crippen LogP contribution in [-0.2, 0) is 22.4 Å². The van der Waals surface area contributed by atoms with Gasteiger partial charge in [0.25, 0.3) is 11.8 Å². The molecule has 4 rings (SSSR count). The molecule has 24 heavy (non-hydrogen) atoms. The number of fused-ring (bicyclic) bond motifs is 3. The minimum atomic E-state index is -0.459. The third kappa shape index (κ3) is 2.67. The van der Waals surface area contributed by atoms with Crippen LogP contribution in [0.3, 0.4) is 0 Å². The number of ether oxygens (including phenoxy) is 1. The van der Waals surface area contributed by atoms with Crippen molar-refractivity contribution in [3.05, 3.63) is 35.0 Å². The number of hydrazine groups is 1. The van der Waals surface area contributed by atoms with E-state index in [0.717, 1.165) is 30.2 Å². The molecular weight excluding hydrogens is 306 g/mol. The molecule has 0 radical (unpaired) electrons. The van der Waals surface area contributed by atoms with E-state index in [0.29, 0.717) is 18.6 Å². The zero-order chi connectivity index (χ0) is 16.5. The SMILES string of the molecule is O=C(NNC(=O)[C@@H]1CCCO1)c1cccc2c3c([nH]c12)CCCC3. The van der Waals surface area contributed by atoms with Gasteiger partial charge in [0.15, 0.2) is 0 Å². The first-order chi connectivity index (χ1) is 11.7. The van der Waals surface area contributed by atoms with Gasteiger partial charge in [-0.05, 0) is 50.2 Å². The Kier molecular flexibility index (Phi) is 3.98. The van der Waals surface area contributed by atoms with Crippen molar-refractivity contribution in [1.29, 1.82) is 0 Å². The first-order valence-electron chi connectivity index (χ1n) is 8.58. The molecule has 2 heterocycles. The molecule has 1 fully saturated rings. The van der Waals surface area contributed by atoms with E-state index in [9.17, 15) is 9.59 Å². The predicted octanol–water partition coefficient (Wildman–Crippen LogP) is 1.99. The summed E-state index contributed by atoms with van der Waals surface area (Å²) < 4.78 is 5.31. The van der Waals surface area contributed by atoms with Crippen molar-refractivity contribution < 1.29 is 14.3 Å². The normalized spacial score (nSPS) is 19.9. The summed E-state index contributed by atoms with van der Waals surface area (Å²) in [5, 5.41) is 1.11. The van der Waals surface area contributed by atoms with Gasteiger partial charge >= 0.3 is 0 Å². The number of para-hydroxylation sites is 1. The van der Waals surface area contributed by atoms with Crippen molar-refractivity contribution in [2.45, 2.75) is 44.6 Å². The molecule has 1 aliphatic heterocycles. The lowest BCUT2D eigenvalue weighted by atomic mass is 9.95. The maximum Gasteiger partial charge on any atom is 0.271 e. The van der Waals surface area contributed by atoms with Gasteiger partial charge in [-0.3, -0.25) is 20.4 Å². The van der Waals surface area contributed by atoms with E-state index in [-0.39, 0.29) is 11.8 Å². The lowest BCUT2D eigenvalue weighted by molar-refractivity contribution is -0.130. The van der Waals surface area contributed by atoms with Crippen LogP contribution in [0.15, 0.2) is 18.2 Å². The number of hydrogen-bond acceptors (Lipinski definition) is 3. The molecule has 1 aliphatic carbocycles. The largest absolute Gasteiger partial charge is 0.368 e. The fraction of sp³-hybridized carbons (Fsp3) is 0.444. The van der Waals surface area contributed by atoms with Crippen molar-refractivity contribution in [2.75, 3.05) is 6.61 Å². The van der Waals surface area contributed by atoms with Crippen LogP contribution in [0.25, 0.3) is 10.9 Å². The van der Waals surface area contributed by atoms with E-state index in [1.165, 1.54) is 24.1 Å². The number of H-pyrrole nitrogens is 1. The number of carbonyl (C=O) groups excluding carboxylic acids is 2. The van der Waals surface area contributed by atoms with E-state index in [4.69, 9.17) is 4.74 Å². The van der Waals surface area contributed by atoms with Gasteiger partial charge in [-0.1, -0.05) is 12.1 Å². The molecule has 1 saturated heterocycles. The van der Waals surface area contributed by atoms with Gasteiger partial charge < -0.3 is 9.72 Å². The number of nitrogens with one attached hydrogen (secondary N) is 3. The van der Waals surface area contributed by atoms with E-state index in [2.05, 4.69) is 21.9 Å². The van der Waals surface area contributed by atoms with Crippen LogP contribution >= 0.6 is 0 Å². The number of hydrogen-bond donors (Lipinski definition) is 3. The van der Waals surface area contributed by atoms with Crippen molar-refractivity contribution in [3.63, 3.8) is 0 Å². The lowest BCUT2D eigenvalue weighted by Gasteiger charge is -2.11. The summed E-state index contributed by atoms with van der Waals surface area (Å²) in [6.07, 6.45) is 5.56. The number of aromatic nitrogens is 1. The molecule has 2 aromatic rings. The Morgan fingerprint density at radius 1 is 1.12 bits per heavy atom. The summed E-state index contributed by atoms with van der Waals surface area (Å²) in [7, 11) is 0. The summed E-state index contributed by atoms with van der Waals surface area (Å²) in [6.45, 7) is 0.597. The monoisotopic (exact) mass is 327 g/mol. The molecule has 0 unspecified atom stereocenters. The highest BCUT2D eigenvalue weighted by Crippen LogP contribution is 2.30. The quantitative estimate of drug-likeness (QED) is 0.738. The van der Waals surface area contributed by atoms with Gasteiger partial charge in [-0.2, -0.15) is 0 Å².